The molecule has 0 amide bonds. The summed E-state index contributed by atoms with van der Waals surface area (Å²) in [6.07, 6.45) is 1.86. The van der Waals surface area contributed by atoms with E-state index in [-0.39, 0.29) is 29.1 Å². The standard InChI is InChI=1S/C62H61N3O/c1-37(2)47-28-48(38(3)4)30-51(29-47)45-23-24-58(42(10)27-45)65-59-18-14-17-54(60(59)64-62(65)56-35-49(39(5)6)34-55(40(7)8)61(56)66)52-31-50(43-15-12-11-13-16-43)32-53(33-52)57-36-46(25-26-63-57)44-21-19-41(9)20-22-44/h11-40,66H,1-10H3/i10D3,37D. The van der Waals surface area contributed by atoms with Gasteiger partial charge in [-0.15, -0.1) is 0 Å². The molecule has 0 aliphatic carbocycles. The lowest BCUT2D eigenvalue weighted by Gasteiger charge is -2.19. The SMILES string of the molecule is [2H]C([2H])([2H])c1cc(-c2cc(C(C)C)cc(C([2H])(C)C)c2)ccc1-n1c(-c2cc(C(C)C)cc(C(C)C)c2O)nc2c(-c3cc(-c4ccccc4)cc(-c4cc(-c5ccc(C)cc5)ccn4)c3)cccc21. The van der Waals surface area contributed by atoms with Crippen LogP contribution in [0.25, 0.3) is 83.9 Å². The van der Waals surface area contributed by atoms with Crippen molar-refractivity contribution >= 4 is 11.0 Å². The molecule has 1 N–H and O–H groups in total. The van der Waals surface area contributed by atoms with Crippen LogP contribution in [0.4, 0.5) is 0 Å². The van der Waals surface area contributed by atoms with E-state index in [0.717, 1.165) is 78.0 Å². The highest BCUT2D eigenvalue weighted by molar-refractivity contribution is 5.98. The summed E-state index contributed by atoms with van der Waals surface area (Å²) in [5, 5.41) is 12.3. The lowest BCUT2D eigenvalue weighted by molar-refractivity contribution is 0.466. The Balaban J connectivity index is 1.33. The van der Waals surface area contributed by atoms with E-state index in [0.29, 0.717) is 28.1 Å². The lowest BCUT2D eigenvalue weighted by atomic mass is 9.90. The van der Waals surface area contributed by atoms with Gasteiger partial charge in [0.25, 0.3) is 0 Å². The molecule has 0 saturated carbocycles. The van der Waals surface area contributed by atoms with E-state index in [9.17, 15) is 5.11 Å². The first-order valence-electron chi connectivity index (χ1n) is 25.2. The third-order valence-corrected chi connectivity index (χ3v) is 12.9. The molecule has 9 rings (SSSR count). The highest BCUT2D eigenvalue weighted by Crippen LogP contribution is 2.44. The minimum Gasteiger partial charge on any atom is -0.507 e. The van der Waals surface area contributed by atoms with Gasteiger partial charge in [0.05, 0.1) is 28.0 Å². The number of aryl methyl sites for hydroxylation is 2. The highest BCUT2D eigenvalue weighted by Gasteiger charge is 2.25. The minimum atomic E-state index is -2.55. The second-order valence-corrected chi connectivity index (χ2v) is 19.0. The number of para-hydroxylation sites is 1. The topological polar surface area (TPSA) is 50.9 Å². The van der Waals surface area contributed by atoms with E-state index < -0.39 is 12.7 Å². The molecule has 2 aromatic heterocycles. The van der Waals surface area contributed by atoms with Crippen LogP contribution in [-0.2, 0) is 0 Å². The first-order chi connectivity index (χ1) is 33.2. The molecule has 7 aromatic carbocycles. The van der Waals surface area contributed by atoms with Crippen LogP contribution in [0, 0.1) is 13.8 Å². The van der Waals surface area contributed by atoms with Crippen molar-refractivity contribution in [2.45, 2.75) is 92.8 Å². The molecular formula is C62H61N3O. The average Bonchev–Trinajstić information content (AvgIpc) is 3.73. The first kappa shape index (κ1) is 39.3. The summed E-state index contributed by atoms with van der Waals surface area (Å²) in [4.78, 5) is 10.4. The van der Waals surface area contributed by atoms with E-state index in [2.05, 4.69) is 133 Å². The number of benzene rings is 7. The molecule has 0 aliphatic rings. The molecule has 0 radical (unpaired) electrons. The average molecular weight is 868 g/mol. The molecule has 0 atom stereocenters. The quantitative estimate of drug-likeness (QED) is 0.141. The van der Waals surface area contributed by atoms with Gasteiger partial charge in [0.2, 0.25) is 0 Å². The fourth-order valence-electron chi connectivity index (χ4n) is 8.97. The largest absolute Gasteiger partial charge is 0.507 e. The summed E-state index contributed by atoms with van der Waals surface area (Å²) in [6.45, 7) is 16.0. The van der Waals surface area contributed by atoms with Crippen molar-refractivity contribution in [1.29, 1.82) is 0 Å². The number of hydrogen-bond donors (Lipinski definition) is 1. The summed E-state index contributed by atoms with van der Waals surface area (Å²) in [6, 6.07) is 51.5. The van der Waals surface area contributed by atoms with Crippen LogP contribution >= 0.6 is 0 Å². The first-order valence-corrected chi connectivity index (χ1v) is 23.2. The Morgan fingerprint density at radius 1 is 0.530 bits per heavy atom. The molecule has 66 heavy (non-hydrogen) atoms. The molecule has 0 spiro atoms. The molecule has 4 nitrogen and oxygen atoms in total. The van der Waals surface area contributed by atoms with Crippen molar-refractivity contribution in [3.8, 4) is 78.6 Å². The number of rotatable bonds is 11. The van der Waals surface area contributed by atoms with Crippen LogP contribution < -0.4 is 0 Å². The highest BCUT2D eigenvalue weighted by atomic mass is 16.3. The Labute approximate surface area is 397 Å². The second-order valence-electron chi connectivity index (χ2n) is 19.0. The summed E-state index contributed by atoms with van der Waals surface area (Å²) in [5.74, 6) is 0.0361. The predicted molar refractivity (Wildman–Crippen MR) is 279 cm³/mol. The Morgan fingerprint density at radius 3 is 1.89 bits per heavy atom. The number of hydrogen-bond acceptors (Lipinski definition) is 3. The zero-order chi connectivity index (χ0) is 49.8. The summed E-state index contributed by atoms with van der Waals surface area (Å²) < 4.78 is 38.2. The number of imidazole rings is 1. The maximum atomic E-state index is 12.3. The van der Waals surface area contributed by atoms with Crippen LogP contribution in [0.1, 0.15) is 118 Å². The Morgan fingerprint density at radius 2 is 1.18 bits per heavy atom. The molecule has 0 bridgehead atoms. The number of pyridine rings is 1. The molecule has 0 saturated heterocycles. The van der Waals surface area contributed by atoms with Crippen LogP contribution in [-0.4, -0.2) is 19.6 Å². The van der Waals surface area contributed by atoms with Gasteiger partial charge in [0.1, 0.15) is 11.6 Å². The molecule has 2 heterocycles. The van der Waals surface area contributed by atoms with Gasteiger partial charge in [-0.2, -0.15) is 0 Å². The molecule has 9 aromatic rings. The van der Waals surface area contributed by atoms with Crippen LogP contribution in [0.15, 0.2) is 158 Å². The summed E-state index contributed by atoms with van der Waals surface area (Å²) in [7, 11) is 0. The van der Waals surface area contributed by atoms with Gasteiger partial charge in [-0.1, -0.05) is 158 Å². The van der Waals surface area contributed by atoms with E-state index in [1.54, 1.807) is 6.07 Å². The predicted octanol–water partition coefficient (Wildman–Crippen LogP) is 17.2. The van der Waals surface area contributed by atoms with Crippen molar-refractivity contribution < 1.29 is 10.6 Å². The summed E-state index contributed by atoms with van der Waals surface area (Å²) >= 11 is 0. The van der Waals surface area contributed by atoms with E-state index in [1.807, 2.05) is 85.3 Å². The van der Waals surface area contributed by atoms with Gasteiger partial charge in [-0.25, -0.2) is 4.98 Å². The van der Waals surface area contributed by atoms with E-state index in [4.69, 9.17) is 15.5 Å². The molecular weight excluding hydrogens is 803 g/mol. The molecule has 0 fully saturated rings. The second kappa shape index (κ2) is 18.1. The van der Waals surface area contributed by atoms with Crippen molar-refractivity contribution in [1.82, 2.24) is 14.5 Å². The van der Waals surface area contributed by atoms with Gasteiger partial charge in [-0.05, 0) is 159 Å². The van der Waals surface area contributed by atoms with Gasteiger partial charge in [-0.3, -0.25) is 9.55 Å². The van der Waals surface area contributed by atoms with Crippen molar-refractivity contribution in [2.24, 2.45) is 0 Å². The van der Waals surface area contributed by atoms with Gasteiger partial charge in [0, 0.05) is 22.8 Å². The van der Waals surface area contributed by atoms with Gasteiger partial charge < -0.3 is 5.11 Å². The molecule has 330 valence electrons. The smallest absolute Gasteiger partial charge is 0.149 e. The maximum Gasteiger partial charge on any atom is 0.149 e. The van der Waals surface area contributed by atoms with Crippen molar-refractivity contribution in [3.63, 3.8) is 0 Å². The molecule has 0 unspecified atom stereocenters. The summed E-state index contributed by atoms with van der Waals surface area (Å²) in [5.41, 5.74) is 16.8. The van der Waals surface area contributed by atoms with Crippen molar-refractivity contribution in [3.05, 3.63) is 191 Å². The fourth-order valence-corrected chi connectivity index (χ4v) is 8.97. The normalized spacial score (nSPS) is 13.0. The Bertz CT molecular complexity index is 3390. The Hall–Kier alpha value is -7.04. The number of phenolic OH excluding ortho intramolecular Hbond substituents is 1. The number of aromatic hydroxyl groups is 1. The fraction of sp³-hybridized carbons (Fsp3) is 0.226. The van der Waals surface area contributed by atoms with Gasteiger partial charge in [0.15, 0.2) is 0 Å². The van der Waals surface area contributed by atoms with Crippen LogP contribution in [0.2, 0.25) is 0 Å². The number of fused-ring (bicyclic) bond motifs is 1. The zero-order valence-corrected chi connectivity index (χ0v) is 39.5. The van der Waals surface area contributed by atoms with Crippen LogP contribution in [0.5, 0.6) is 5.75 Å². The minimum absolute atomic E-state index is 0.000479. The maximum absolute atomic E-state index is 12.3. The van der Waals surface area contributed by atoms with Crippen molar-refractivity contribution in [2.75, 3.05) is 0 Å². The third kappa shape index (κ3) is 8.61. The monoisotopic (exact) mass is 868 g/mol. The van der Waals surface area contributed by atoms with E-state index in [1.165, 1.54) is 5.56 Å². The number of phenols is 1. The Kier molecular flexibility index (Phi) is 10.8. The molecule has 0 aliphatic heterocycles. The lowest BCUT2D eigenvalue weighted by Crippen LogP contribution is -2.03. The third-order valence-electron chi connectivity index (χ3n) is 12.9. The van der Waals surface area contributed by atoms with Gasteiger partial charge >= 0.3 is 0 Å². The number of nitrogens with zero attached hydrogens (tertiary/aromatic N) is 3. The zero-order valence-electron chi connectivity index (χ0n) is 43.5. The van der Waals surface area contributed by atoms with E-state index >= 15 is 0 Å². The van der Waals surface area contributed by atoms with Crippen LogP contribution in [0.3, 0.4) is 0 Å². The molecule has 4 heteroatoms. The number of aromatic nitrogens is 3.